The summed E-state index contributed by atoms with van der Waals surface area (Å²) in [4.78, 5) is 45.9. The molecule has 156 valence electrons. The van der Waals surface area contributed by atoms with E-state index in [0.717, 1.165) is 11.1 Å². The van der Waals surface area contributed by atoms with Crippen LogP contribution in [-0.4, -0.2) is 33.2 Å². The highest BCUT2D eigenvalue weighted by atomic mass is 16.2. The maximum Gasteiger partial charge on any atom is 0.258 e. The van der Waals surface area contributed by atoms with Gasteiger partial charge in [-0.25, -0.2) is 4.98 Å². The normalized spacial score (nSPS) is 11.8. The second-order valence-electron chi connectivity index (χ2n) is 7.31. The van der Waals surface area contributed by atoms with Crippen molar-refractivity contribution in [2.45, 2.75) is 39.8 Å². The number of H-pyrrole nitrogens is 1. The van der Waals surface area contributed by atoms with Gasteiger partial charge in [0.2, 0.25) is 11.8 Å². The molecule has 0 saturated heterocycles. The first-order valence-electron chi connectivity index (χ1n) is 9.96. The van der Waals surface area contributed by atoms with Crippen molar-refractivity contribution >= 4 is 22.7 Å². The molecule has 7 heteroatoms. The molecule has 0 fully saturated rings. The quantitative estimate of drug-likeness (QED) is 0.631. The number of nitrogens with zero attached hydrogens (tertiary/aromatic N) is 2. The molecule has 0 spiro atoms. The van der Waals surface area contributed by atoms with Crippen LogP contribution in [0.15, 0.2) is 53.3 Å². The number of amides is 2. The third-order valence-electron chi connectivity index (χ3n) is 4.97. The lowest BCUT2D eigenvalue weighted by atomic mass is 10.0. The van der Waals surface area contributed by atoms with Gasteiger partial charge in [0.25, 0.3) is 5.56 Å². The number of benzene rings is 2. The van der Waals surface area contributed by atoms with E-state index in [1.165, 1.54) is 6.92 Å². The Balaban J connectivity index is 1.79. The first kappa shape index (κ1) is 21.2. The van der Waals surface area contributed by atoms with E-state index >= 15 is 0 Å². The molecule has 3 rings (SSSR count). The molecule has 0 aliphatic carbocycles. The van der Waals surface area contributed by atoms with Crippen LogP contribution in [0.4, 0.5) is 0 Å². The molecule has 30 heavy (non-hydrogen) atoms. The summed E-state index contributed by atoms with van der Waals surface area (Å²) in [6.45, 7) is 5.94. The van der Waals surface area contributed by atoms with Crippen LogP contribution < -0.4 is 10.9 Å². The molecule has 7 nitrogen and oxygen atoms in total. The number of hydrogen-bond donors (Lipinski definition) is 2. The Labute approximate surface area is 175 Å². The number of hydrogen-bond acceptors (Lipinski definition) is 4. The molecule has 0 aliphatic heterocycles. The van der Waals surface area contributed by atoms with Crippen molar-refractivity contribution in [2.24, 2.45) is 0 Å². The van der Waals surface area contributed by atoms with Crippen molar-refractivity contribution in [2.75, 3.05) is 6.54 Å². The second-order valence-corrected chi connectivity index (χ2v) is 7.31. The molecule has 0 aliphatic rings. The summed E-state index contributed by atoms with van der Waals surface area (Å²) in [6.07, 6.45) is 0.119. The van der Waals surface area contributed by atoms with Gasteiger partial charge in [-0.3, -0.25) is 14.4 Å². The topological polar surface area (TPSA) is 95.2 Å². The van der Waals surface area contributed by atoms with Crippen LogP contribution in [0.25, 0.3) is 10.9 Å². The summed E-state index contributed by atoms with van der Waals surface area (Å²) in [5.74, 6) is 0.102. The predicted octanol–water partition coefficient (Wildman–Crippen LogP) is 2.85. The molecule has 0 unspecified atom stereocenters. The molecule has 2 N–H and O–H groups in total. The summed E-state index contributed by atoms with van der Waals surface area (Å²) >= 11 is 0. The molecule has 2 amide bonds. The highest BCUT2D eigenvalue weighted by molar-refractivity contribution is 5.79. The van der Waals surface area contributed by atoms with E-state index in [1.807, 2.05) is 44.2 Å². The summed E-state index contributed by atoms with van der Waals surface area (Å²) in [6, 6.07) is 14.4. The zero-order valence-corrected chi connectivity index (χ0v) is 17.4. The van der Waals surface area contributed by atoms with Crippen molar-refractivity contribution in [3.05, 3.63) is 75.8 Å². The molecule has 2 aromatic carbocycles. The first-order valence-corrected chi connectivity index (χ1v) is 9.96. The standard InChI is InChI=1S/C23H26N4O3/c1-4-27(14-21-25-19-8-6-5-7-18(19)23(30)26-21)22(29)13-20(24-16(3)28)17-11-9-15(2)10-12-17/h5-12,20H,4,13-14H2,1-3H3,(H,24,28)(H,25,26,30)/t20-/m1/s1. The number of aromatic amines is 1. The molecule has 0 radical (unpaired) electrons. The number of rotatable bonds is 7. The average molecular weight is 406 g/mol. The maximum atomic E-state index is 13.0. The SMILES string of the molecule is CCN(Cc1nc2ccccc2c(=O)[nH]1)C(=O)C[C@@H](NC(C)=O)c1ccc(C)cc1. The Morgan fingerprint density at radius 2 is 1.83 bits per heavy atom. The van der Waals surface area contributed by atoms with Gasteiger partial charge < -0.3 is 15.2 Å². The van der Waals surface area contributed by atoms with Gasteiger partial charge >= 0.3 is 0 Å². The van der Waals surface area contributed by atoms with Crippen LogP contribution in [-0.2, 0) is 16.1 Å². The fourth-order valence-electron chi connectivity index (χ4n) is 3.37. The minimum atomic E-state index is -0.423. The molecule has 3 aromatic rings. The van der Waals surface area contributed by atoms with Gasteiger partial charge in [0.05, 0.1) is 29.9 Å². The highest BCUT2D eigenvalue weighted by Gasteiger charge is 2.21. The Hall–Kier alpha value is -3.48. The largest absolute Gasteiger partial charge is 0.349 e. The average Bonchev–Trinajstić information content (AvgIpc) is 2.71. The monoisotopic (exact) mass is 406 g/mol. The summed E-state index contributed by atoms with van der Waals surface area (Å²) in [7, 11) is 0. The molecular weight excluding hydrogens is 380 g/mol. The van der Waals surface area contributed by atoms with Crippen molar-refractivity contribution in [3.8, 4) is 0 Å². The van der Waals surface area contributed by atoms with Crippen LogP contribution in [0.1, 0.15) is 43.3 Å². The lowest BCUT2D eigenvalue weighted by Gasteiger charge is -2.24. The molecule has 0 bridgehead atoms. The van der Waals surface area contributed by atoms with Gasteiger partial charge in [0.1, 0.15) is 5.82 Å². The van der Waals surface area contributed by atoms with Gasteiger partial charge in [0, 0.05) is 13.5 Å². The Morgan fingerprint density at radius 1 is 1.13 bits per heavy atom. The number of para-hydroxylation sites is 1. The van der Waals surface area contributed by atoms with E-state index in [4.69, 9.17) is 0 Å². The van der Waals surface area contributed by atoms with Crippen LogP contribution in [0.3, 0.4) is 0 Å². The number of carbonyl (C=O) groups excluding carboxylic acids is 2. The number of aryl methyl sites for hydroxylation is 1. The Bertz CT molecular complexity index is 1110. The molecular formula is C23H26N4O3. The van der Waals surface area contributed by atoms with Gasteiger partial charge in [-0.15, -0.1) is 0 Å². The van der Waals surface area contributed by atoms with E-state index in [9.17, 15) is 14.4 Å². The van der Waals surface area contributed by atoms with Gasteiger partial charge in [-0.05, 0) is 31.5 Å². The van der Waals surface area contributed by atoms with Crippen LogP contribution in [0.2, 0.25) is 0 Å². The zero-order valence-electron chi connectivity index (χ0n) is 17.4. The molecule has 0 saturated carbocycles. The highest BCUT2D eigenvalue weighted by Crippen LogP contribution is 2.19. The number of carbonyl (C=O) groups is 2. The van der Waals surface area contributed by atoms with Gasteiger partial charge in [-0.1, -0.05) is 42.0 Å². The van der Waals surface area contributed by atoms with E-state index in [0.29, 0.717) is 23.3 Å². The molecule has 1 aromatic heterocycles. The Kier molecular flexibility index (Phi) is 6.61. The Morgan fingerprint density at radius 3 is 2.50 bits per heavy atom. The number of nitrogens with one attached hydrogen (secondary N) is 2. The van der Waals surface area contributed by atoms with E-state index in [-0.39, 0.29) is 30.3 Å². The summed E-state index contributed by atoms with van der Waals surface area (Å²) in [5, 5.41) is 3.38. The summed E-state index contributed by atoms with van der Waals surface area (Å²) < 4.78 is 0. The van der Waals surface area contributed by atoms with Crippen molar-refractivity contribution in [1.82, 2.24) is 20.2 Å². The van der Waals surface area contributed by atoms with E-state index in [1.54, 1.807) is 23.1 Å². The molecule has 1 heterocycles. The smallest absolute Gasteiger partial charge is 0.258 e. The lowest BCUT2D eigenvalue weighted by molar-refractivity contribution is -0.132. The fraction of sp³-hybridized carbons (Fsp3) is 0.304. The minimum absolute atomic E-state index is 0.119. The fourth-order valence-corrected chi connectivity index (χ4v) is 3.37. The predicted molar refractivity (Wildman–Crippen MR) is 116 cm³/mol. The van der Waals surface area contributed by atoms with Gasteiger partial charge in [0.15, 0.2) is 0 Å². The van der Waals surface area contributed by atoms with Gasteiger partial charge in [-0.2, -0.15) is 0 Å². The van der Waals surface area contributed by atoms with Crippen molar-refractivity contribution < 1.29 is 9.59 Å². The third kappa shape index (κ3) is 5.11. The number of aromatic nitrogens is 2. The maximum absolute atomic E-state index is 13.0. The van der Waals surface area contributed by atoms with Crippen LogP contribution >= 0.6 is 0 Å². The van der Waals surface area contributed by atoms with E-state index < -0.39 is 6.04 Å². The third-order valence-corrected chi connectivity index (χ3v) is 4.97. The first-order chi connectivity index (χ1) is 14.4. The lowest BCUT2D eigenvalue weighted by Crippen LogP contribution is -2.36. The summed E-state index contributed by atoms with van der Waals surface area (Å²) in [5.41, 5.74) is 2.34. The van der Waals surface area contributed by atoms with Crippen molar-refractivity contribution in [1.29, 1.82) is 0 Å². The minimum Gasteiger partial charge on any atom is -0.349 e. The molecule has 1 atom stereocenters. The van der Waals surface area contributed by atoms with E-state index in [2.05, 4.69) is 15.3 Å². The van der Waals surface area contributed by atoms with Crippen LogP contribution in [0, 0.1) is 6.92 Å². The van der Waals surface area contributed by atoms with Crippen molar-refractivity contribution in [3.63, 3.8) is 0 Å². The zero-order chi connectivity index (χ0) is 21.7. The second kappa shape index (κ2) is 9.35. The number of fused-ring (bicyclic) bond motifs is 1. The van der Waals surface area contributed by atoms with Crippen LogP contribution in [0.5, 0.6) is 0 Å².